The summed E-state index contributed by atoms with van der Waals surface area (Å²) in [6.45, 7) is 5.77. The van der Waals surface area contributed by atoms with Crippen LogP contribution in [0, 0.1) is 19.7 Å². The smallest absolute Gasteiger partial charge is 0.178 e. The van der Waals surface area contributed by atoms with Gasteiger partial charge >= 0.3 is 0 Å². The maximum Gasteiger partial charge on any atom is 0.178 e. The van der Waals surface area contributed by atoms with Crippen LogP contribution in [0.5, 0.6) is 11.5 Å². The molecule has 0 saturated carbocycles. The quantitative estimate of drug-likeness (QED) is 0.570. The molecular weight excluding hydrogens is 383 g/mol. The number of aromatic nitrogens is 1. The number of hydrogen-bond acceptors (Lipinski definition) is 4. The molecule has 2 aromatic carbocycles. The van der Waals surface area contributed by atoms with E-state index in [-0.39, 0.29) is 18.1 Å². The number of ketones is 1. The molecule has 0 aliphatic carbocycles. The molecule has 0 saturated heterocycles. The Balaban J connectivity index is 1.53. The highest BCUT2D eigenvalue weighted by Crippen LogP contribution is 2.33. The Hall–Kier alpha value is -3.12. The second-order valence-electron chi connectivity index (χ2n) is 7.67. The van der Waals surface area contributed by atoms with Gasteiger partial charge < -0.3 is 14.0 Å². The van der Waals surface area contributed by atoms with E-state index in [0.29, 0.717) is 31.1 Å². The predicted octanol–water partition coefficient (Wildman–Crippen LogP) is 4.32. The summed E-state index contributed by atoms with van der Waals surface area (Å²) in [6, 6.07) is 14.2. The van der Waals surface area contributed by atoms with Gasteiger partial charge in [-0.2, -0.15) is 0 Å². The fourth-order valence-electron chi connectivity index (χ4n) is 3.95. The molecule has 2 heterocycles. The Morgan fingerprint density at radius 1 is 1.07 bits per heavy atom. The summed E-state index contributed by atoms with van der Waals surface area (Å²) in [7, 11) is 1.86. The third-order valence-corrected chi connectivity index (χ3v) is 5.27. The SMILES string of the molecule is Cc1cc(C(=O)CN(C)Cc2cccc(F)c2)c(C)n1-c1ccc2c(c1)OCCO2. The predicted molar refractivity (Wildman–Crippen MR) is 113 cm³/mol. The van der Waals surface area contributed by atoms with Gasteiger partial charge in [-0.15, -0.1) is 0 Å². The van der Waals surface area contributed by atoms with Gasteiger partial charge in [0.15, 0.2) is 17.3 Å². The maximum atomic E-state index is 13.4. The summed E-state index contributed by atoms with van der Waals surface area (Å²) in [5.41, 5.74) is 4.32. The molecule has 6 heteroatoms. The monoisotopic (exact) mass is 408 g/mol. The number of halogens is 1. The average molecular weight is 408 g/mol. The fraction of sp³-hybridized carbons (Fsp3) is 0.292. The van der Waals surface area contributed by atoms with Crippen LogP contribution in [0.25, 0.3) is 5.69 Å². The van der Waals surface area contributed by atoms with Crippen LogP contribution in [0.2, 0.25) is 0 Å². The summed E-state index contributed by atoms with van der Waals surface area (Å²) in [5, 5.41) is 0. The van der Waals surface area contributed by atoms with E-state index in [4.69, 9.17) is 9.47 Å². The number of carbonyl (C=O) groups is 1. The largest absolute Gasteiger partial charge is 0.486 e. The number of fused-ring (bicyclic) bond motifs is 1. The molecule has 0 bridgehead atoms. The van der Waals surface area contributed by atoms with Crippen molar-refractivity contribution in [2.45, 2.75) is 20.4 Å². The number of benzene rings is 2. The first-order valence-corrected chi connectivity index (χ1v) is 9.97. The highest BCUT2D eigenvalue weighted by molar-refractivity contribution is 5.99. The van der Waals surface area contributed by atoms with Crippen LogP contribution < -0.4 is 9.47 Å². The summed E-state index contributed by atoms with van der Waals surface area (Å²) in [5.74, 6) is 1.22. The zero-order valence-electron chi connectivity index (χ0n) is 17.4. The third kappa shape index (κ3) is 4.09. The minimum atomic E-state index is -0.268. The van der Waals surface area contributed by atoms with E-state index in [0.717, 1.165) is 28.4 Å². The van der Waals surface area contributed by atoms with Crippen LogP contribution in [-0.4, -0.2) is 42.1 Å². The van der Waals surface area contributed by atoms with E-state index in [2.05, 4.69) is 4.57 Å². The zero-order valence-corrected chi connectivity index (χ0v) is 17.4. The molecule has 0 N–H and O–H groups in total. The van der Waals surface area contributed by atoms with Gasteiger partial charge in [0.25, 0.3) is 0 Å². The molecule has 30 heavy (non-hydrogen) atoms. The van der Waals surface area contributed by atoms with E-state index >= 15 is 0 Å². The lowest BCUT2D eigenvalue weighted by Gasteiger charge is -2.20. The van der Waals surface area contributed by atoms with E-state index in [1.807, 2.05) is 56.1 Å². The number of likely N-dealkylation sites (N-methyl/N-ethyl adjacent to an activating group) is 1. The molecule has 0 amide bonds. The number of hydrogen-bond donors (Lipinski definition) is 0. The molecule has 1 aliphatic heterocycles. The van der Waals surface area contributed by atoms with Crippen molar-refractivity contribution < 1.29 is 18.7 Å². The van der Waals surface area contributed by atoms with Crippen LogP contribution in [-0.2, 0) is 6.54 Å². The Bertz CT molecular complexity index is 1090. The van der Waals surface area contributed by atoms with E-state index < -0.39 is 0 Å². The lowest BCUT2D eigenvalue weighted by Crippen LogP contribution is -2.26. The molecule has 3 aromatic rings. The summed E-state index contributed by atoms with van der Waals surface area (Å²) < 4.78 is 26.8. The highest BCUT2D eigenvalue weighted by Gasteiger charge is 2.20. The van der Waals surface area contributed by atoms with E-state index in [9.17, 15) is 9.18 Å². The van der Waals surface area contributed by atoms with Crippen molar-refractivity contribution in [3.63, 3.8) is 0 Å². The topological polar surface area (TPSA) is 43.7 Å². The molecule has 0 atom stereocenters. The molecular formula is C24H25FN2O3. The highest BCUT2D eigenvalue weighted by atomic mass is 19.1. The van der Waals surface area contributed by atoms with Crippen molar-refractivity contribution in [1.82, 2.24) is 9.47 Å². The molecule has 0 spiro atoms. The first kappa shape index (κ1) is 20.2. The molecule has 0 radical (unpaired) electrons. The van der Waals surface area contributed by atoms with Gasteiger partial charge in [-0.25, -0.2) is 4.39 Å². The van der Waals surface area contributed by atoms with E-state index in [1.165, 1.54) is 12.1 Å². The van der Waals surface area contributed by atoms with Crippen molar-refractivity contribution >= 4 is 5.78 Å². The summed E-state index contributed by atoms with van der Waals surface area (Å²) in [6.07, 6.45) is 0. The van der Waals surface area contributed by atoms with Crippen molar-refractivity contribution in [1.29, 1.82) is 0 Å². The number of Topliss-reactive ketones (excluding diaryl/α,β-unsaturated/α-hetero) is 1. The maximum absolute atomic E-state index is 13.4. The molecule has 156 valence electrons. The number of rotatable bonds is 6. The second kappa shape index (κ2) is 8.32. The minimum Gasteiger partial charge on any atom is -0.486 e. The van der Waals surface area contributed by atoms with Crippen LogP contribution in [0.4, 0.5) is 4.39 Å². The van der Waals surface area contributed by atoms with Crippen molar-refractivity contribution in [2.24, 2.45) is 0 Å². The number of ether oxygens (including phenoxy) is 2. The Morgan fingerprint density at radius 2 is 1.83 bits per heavy atom. The fourth-order valence-corrected chi connectivity index (χ4v) is 3.95. The average Bonchev–Trinajstić information content (AvgIpc) is 3.01. The van der Waals surface area contributed by atoms with Crippen LogP contribution in [0.3, 0.4) is 0 Å². The Kier molecular flexibility index (Phi) is 5.59. The van der Waals surface area contributed by atoms with Gasteiger partial charge in [0.1, 0.15) is 19.0 Å². The lowest BCUT2D eigenvalue weighted by atomic mass is 10.1. The summed E-state index contributed by atoms with van der Waals surface area (Å²) >= 11 is 0. The third-order valence-electron chi connectivity index (χ3n) is 5.27. The first-order chi connectivity index (χ1) is 14.4. The lowest BCUT2D eigenvalue weighted by molar-refractivity contribution is 0.0942. The van der Waals surface area contributed by atoms with Gasteiger partial charge in [-0.05, 0) is 56.8 Å². The standard InChI is InChI=1S/C24H25FN2O3/c1-16-11-21(22(28)15-26(3)14-18-5-4-6-19(25)12-18)17(2)27(16)20-7-8-23-24(13-20)30-10-9-29-23/h4-8,11-13H,9-10,14-15H2,1-3H3. The Morgan fingerprint density at radius 3 is 2.60 bits per heavy atom. The zero-order chi connectivity index (χ0) is 21.3. The molecule has 5 nitrogen and oxygen atoms in total. The molecule has 0 unspecified atom stereocenters. The number of carbonyl (C=O) groups excluding carboxylic acids is 1. The van der Waals surface area contributed by atoms with Crippen molar-refractivity contribution in [2.75, 3.05) is 26.8 Å². The normalized spacial score (nSPS) is 13.0. The summed E-state index contributed by atoms with van der Waals surface area (Å²) in [4.78, 5) is 14.9. The van der Waals surface area contributed by atoms with Gasteiger partial charge in [0.2, 0.25) is 0 Å². The molecule has 0 fully saturated rings. The molecule has 4 rings (SSSR count). The van der Waals surface area contributed by atoms with Gasteiger partial charge in [-0.1, -0.05) is 12.1 Å². The van der Waals surface area contributed by atoms with Gasteiger partial charge in [-0.3, -0.25) is 9.69 Å². The van der Waals surface area contributed by atoms with Gasteiger partial charge in [0.05, 0.1) is 6.54 Å². The Labute approximate surface area is 175 Å². The minimum absolute atomic E-state index is 0.0331. The van der Waals surface area contributed by atoms with Crippen molar-refractivity contribution in [3.8, 4) is 17.2 Å². The first-order valence-electron chi connectivity index (χ1n) is 9.97. The van der Waals surface area contributed by atoms with Crippen LogP contribution in [0.1, 0.15) is 27.3 Å². The van der Waals surface area contributed by atoms with Crippen LogP contribution in [0.15, 0.2) is 48.5 Å². The van der Waals surface area contributed by atoms with Gasteiger partial charge in [0, 0.05) is 35.2 Å². The van der Waals surface area contributed by atoms with Crippen LogP contribution >= 0.6 is 0 Å². The van der Waals surface area contributed by atoms with E-state index in [1.54, 1.807) is 6.07 Å². The second-order valence-corrected chi connectivity index (χ2v) is 7.67. The number of nitrogens with zero attached hydrogens (tertiary/aromatic N) is 2. The number of aryl methyl sites for hydroxylation is 1. The molecule has 1 aliphatic rings. The van der Waals surface area contributed by atoms with Crippen molar-refractivity contribution in [3.05, 3.63) is 76.9 Å². The molecule has 1 aromatic heterocycles.